The van der Waals surface area contributed by atoms with Crippen LogP contribution in [0.1, 0.15) is 59.4 Å². The number of benzene rings is 1. The summed E-state index contributed by atoms with van der Waals surface area (Å²) in [6, 6.07) is 11.6. The van der Waals surface area contributed by atoms with Gasteiger partial charge in [-0.2, -0.15) is 0 Å². The fourth-order valence-corrected chi connectivity index (χ4v) is 5.07. The molecule has 0 bridgehead atoms. The molecule has 1 amide bonds. The van der Waals surface area contributed by atoms with Crippen LogP contribution in [-0.4, -0.2) is 45.9 Å². The molecule has 1 aliphatic carbocycles. The summed E-state index contributed by atoms with van der Waals surface area (Å²) < 4.78 is 5.88. The van der Waals surface area contributed by atoms with E-state index in [0.29, 0.717) is 18.3 Å². The Morgan fingerprint density at radius 1 is 1.15 bits per heavy atom. The van der Waals surface area contributed by atoms with Crippen molar-refractivity contribution in [3.05, 3.63) is 65.4 Å². The Bertz CT molecular complexity index is 1130. The number of hydrazine groups is 1. The zero-order valence-electron chi connectivity index (χ0n) is 19.0. The number of thiazole rings is 1. The third kappa shape index (κ3) is 5.51. The number of carbonyl (C=O) groups is 2. The summed E-state index contributed by atoms with van der Waals surface area (Å²) in [6.45, 7) is 1.45. The van der Waals surface area contributed by atoms with E-state index in [2.05, 4.69) is 15.4 Å². The van der Waals surface area contributed by atoms with Crippen molar-refractivity contribution in [1.29, 1.82) is 0 Å². The fourth-order valence-electron chi connectivity index (χ4n) is 4.28. The molecule has 8 heteroatoms. The molecule has 3 aromatic rings. The molecule has 3 heterocycles. The molecule has 1 N–H and O–H groups in total. The smallest absolute Gasteiger partial charge is 0.285 e. The van der Waals surface area contributed by atoms with Crippen LogP contribution in [0, 0.1) is 5.92 Å². The molecule has 176 valence electrons. The Morgan fingerprint density at radius 2 is 2.00 bits per heavy atom. The number of amides is 1. The Hall–Kier alpha value is -3.10. The van der Waals surface area contributed by atoms with Gasteiger partial charge in [0.05, 0.1) is 6.61 Å². The predicted octanol–water partition coefficient (Wildman–Crippen LogP) is 4.77. The van der Waals surface area contributed by atoms with E-state index in [-0.39, 0.29) is 17.6 Å². The van der Waals surface area contributed by atoms with Crippen LogP contribution in [0.4, 0.5) is 0 Å². The molecule has 2 fully saturated rings. The van der Waals surface area contributed by atoms with Crippen molar-refractivity contribution >= 4 is 23.0 Å². The van der Waals surface area contributed by atoms with Crippen molar-refractivity contribution in [2.75, 3.05) is 13.2 Å². The number of rotatable bonds is 10. The molecule has 5 rings (SSSR count). The maximum absolute atomic E-state index is 12.8. The normalized spacial score (nSPS) is 18.1. The molecule has 1 aliphatic heterocycles. The highest BCUT2D eigenvalue weighted by atomic mass is 32.1. The van der Waals surface area contributed by atoms with Gasteiger partial charge in [-0.05, 0) is 74.9 Å². The largest absolute Gasteiger partial charge is 0.494 e. The summed E-state index contributed by atoms with van der Waals surface area (Å²) in [5, 5.41) is 4.63. The summed E-state index contributed by atoms with van der Waals surface area (Å²) in [5.41, 5.74) is 5.17. The van der Waals surface area contributed by atoms with Gasteiger partial charge >= 0.3 is 0 Å². The molecule has 7 nitrogen and oxygen atoms in total. The Labute approximate surface area is 203 Å². The number of hydrogen-bond donors (Lipinski definition) is 1. The van der Waals surface area contributed by atoms with E-state index in [1.807, 2.05) is 41.4 Å². The molecule has 1 saturated heterocycles. The topological polar surface area (TPSA) is 84.4 Å². The summed E-state index contributed by atoms with van der Waals surface area (Å²) in [4.78, 5) is 33.5. The van der Waals surface area contributed by atoms with Crippen molar-refractivity contribution in [2.45, 2.75) is 44.6 Å². The molecule has 34 heavy (non-hydrogen) atoms. The van der Waals surface area contributed by atoms with E-state index in [4.69, 9.17) is 4.74 Å². The van der Waals surface area contributed by atoms with Crippen LogP contribution in [0.3, 0.4) is 0 Å². The second kappa shape index (κ2) is 10.4. The summed E-state index contributed by atoms with van der Waals surface area (Å²) in [6.07, 6.45) is 9.45. The van der Waals surface area contributed by atoms with Crippen molar-refractivity contribution in [1.82, 2.24) is 20.4 Å². The molecule has 1 saturated carbocycles. The third-order valence-electron chi connectivity index (χ3n) is 6.30. The van der Waals surface area contributed by atoms with E-state index in [1.165, 1.54) is 11.3 Å². The van der Waals surface area contributed by atoms with Gasteiger partial charge in [0, 0.05) is 47.4 Å². The lowest BCUT2D eigenvalue weighted by molar-refractivity contribution is 0.0746. The number of carbonyl (C=O) groups excluding carboxylic acids is 2. The van der Waals surface area contributed by atoms with Crippen LogP contribution >= 0.6 is 11.3 Å². The number of nitrogens with one attached hydrogen (secondary N) is 1. The number of ketones is 1. The molecule has 2 aromatic heterocycles. The van der Waals surface area contributed by atoms with Gasteiger partial charge in [0.15, 0.2) is 5.78 Å². The zero-order chi connectivity index (χ0) is 23.3. The fraction of sp³-hybridized carbons (Fsp3) is 0.385. The highest BCUT2D eigenvalue weighted by Gasteiger charge is 2.30. The minimum atomic E-state index is -0.171. The second-order valence-corrected chi connectivity index (χ2v) is 9.72. The maximum atomic E-state index is 12.8. The molecule has 0 spiro atoms. The van der Waals surface area contributed by atoms with E-state index >= 15 is 0 Å². The van der Waals surface area contributed by atoms with Crippen LogP contribution < -0.4 is 10.2 Å². The van der Waals surface area contributed by atoms with E-state index < -0.39 is 0 Å². The Morgan fingerprint density at radius 3 is 2.76 bits per heavy atom. The minimum absolute atomic E-state index is 0.171. The third-order valence-corrected chi connectivity index (χ3v) is 7.20. The predicted molar refractivity (Wildman–Crippen MR) is 131 cm³/mol. The lowest BCUT2D eigenvalue weighted by atomic mass is 10.1. The van der Waals surface area contributed by atoms with Gasteiger partial charge in [0.1, 0.15) is 16.5 Å². The molecule has 0 radical (unpaired) electrons. The second-order valence-electron chi connectivity index (χ2n) is 8.86. The minimum Gasteiger partial charge on any atom is -0.494 e. The van der Waals surface area contributed by atoms with Gasteiger partial charge in [0.25, 0.3) is 5.91 Å². The zero-order valence-corrected chi connectivity index (χ0v) is 19.8. The van der Waals surface area contributed by atoms with Crippen LogP contribution in [0.25, 0.3) is 10.6 Å². The Balaban J connectivity index is 1.07. The summed E-state index contributed by atoms with van der Waals surface area (Å²) >= 11 is 1.45. The highest BCUT2D eigenvalue weighted by molar-refractivity contribution is 7.13. The lowest BCUT2D eigenvalue weighted by Crippen LogP contribution is -2.45. The van der Waals surface area contributed by atoms with Crippen LogP contribution in [0.5, 0.6) is 5.75 Å². The Kier molecular flexibility index (Phi) is 6.97. The molecule has 2 aliphatic rings. The highest BCUT2D eigenvalue weighted by Crippen LogP contribution is 2.33. The monoisotopic (exact) mass is 476 g/mol. The number of Topliss-reactive ketones (excluding diaryl/α,β-unsaturated/α-hetero) is 1. The first-order valence-corrected chi connectivity index (χ1v) is 12.8. The quantitative estimate of drug-likeness (QED) is 0.335. The number of ether oxygens (including phenoxy) is 1. The average molecular weight is 477 g/mol. The van der Waals surface area contributed by atoms with Crippen molar-refractivity contribution < 1.29 is 14.3 Å². The first kappa shape index (κ1) is 22.7. The molecular weight excluding hydrogens is 448 g/mol. The van der Waals surface area contributed by atoms with Gasteiger partial charge in [-0.3, -0.25) is 20.0 Å². The number of nitrogens with zero attached hydrogens (tertiary/aromatic N) is 3. The van der Waals surface area contributed by atoms with Gasteiger partial charge in [-0.1, -0.05) is 0 Å². The number of aromatic nitrogens is 2. The summed E-state index contributed by atoms with van der Waals surface area (Å²) in [5.74, 6) is 1.11. The van der Waals surface area contributed by atoms with E-state index in [9.17, 15) is 9.59 Å². The van der Waals surface area contributed by atoms with Crippen molar-refractivity contribution in [3.63, 3.8) is 0 Å². The first-order valence-electron chi connectivity index (χ1n) is 11.9. The van der Waals surface area contributed by atoms with Gasteiger partial charge in [-0.15, -0.1) is 11.3 Å². The maximum Gasteiger partial charge on any atom is 0.285 e. The average Bonchev–Trinajstić information content (AvgIpc) is 3.43. The first-order chi connectivity index (χ1) is 16.7. The van der Waals surface area contributed by atoms with Gasteiger partial charge in [0.2, 0.25) is 0 Å². The van der Waals surface area contributed by atoms with Crippen molar-refractivity contribution in [3.8, 4) is 16.3 Å². The molecule has 1 aromatic carbocycles. The van der Waals surface area contributed by atoms with Gasteiger partial charge < -0.3 is 4.74 Å². The van der Waals surface area contributed by atoms with E-state index in [0.717, 1.165) is 67.0 Å². The van der Waals surface area contributed by atoms with Gasteiger partial charge in [-0.25, -0.2) is 9.99 Å². The lowest BCUT2D eigenvalue weighted by Gasteiger charge is -2.24. The number of pyridine rings is 1. The van der Waals surface area contributed by atoms with Crippen LogP contribution in [0.15, 0.2) is 54.2 Å². The number of hydrogen-bond acceptors (Lipinski definition) is 7. The summed E-state index contributed by atoms with van der Waals surface area (Å²) in [7, 11) is 0. The van der Waals surface area contributed by atoms with E-state index in [1.54, 1.807) is 17.8 Å². The molecule has 1 atom stereocenters. The van der Waals surface area contributed by atoms with Crippen LogP contribution in [0.2, 0.25) is 0 Å². The van der Waals surface area contributed by atoms with Crippen LogP contribution in [-0.2, 0) is 0 Å². The SMILES string of the molecule is O=C(NN1CCC[C@@H]1CCCOc1ccc(C(=O)C2CC2)cc1)c1csc(-c2cccnc2)n1. The molecule has 0 unspecified atom stereocenters. The van der Waals surface area contributed by atoms with Crippen molar-refractivity contribution in [2.24, 2.45) is 5.92 Å². The molecular formula is C26H28N4O3S. The standard InChI is InChI=1S/C26H28N4O3S/c31-24(18-7-8-18)19-9-11-22(12-10-19)33-15-3-6-21-5-2-14-30(21)29-25(32)23-17-34-26(28-23)20-4-1-13-27-16-20/h1,4,9-13,16-18,21H,2-3,5-8,14-15H2,(H,29,32)/t21-/m1/s1.